The van der Waals surface area contributed by atoms with E-state index in [0.29, 0.717) is 35.1 Å². The SMILES string of the molecule is Cc1ccc(C(=O)N(CCc2ccc(Cl)cc2Cl)Cc2cccc(C)n2)cc1. The highest BCUT2D eigenvalue weighted by molar-refractivity contribution is 6.35. The van der Waals surface area contributed by atoms with Crippen molar-refractivity contribution < 1.29 is 4.79 Å². The van der Waals surface area contributed by atoms with E-state index < -0.39 is 0 Å². The Morgan fingerprint density at radius 3 is 2.43 bits per heavy atom. The quantitative estimate of drug-likeness (QED) is 0.505. The van der Waals surface area contributed by atoms with Crippen LogP contribution in [0, 0.1) is 13.8 Å². The summed E-state index contributed by atoms with van der Waals surface area (Å²) in [4.78, 5) is 19.5. The number of halogens is 2. The zero-order valence-electron chi connectivity index (χ0n) is 16.0. The van der Waals surface area contributed by atoms with Gasteiger partial charge in [0.05, 0.1) is 12.2 Å². The van der Waals surface area contributed by atoms with Crippen LogP contribution < -0.4 is 0 Å². The molecule has 0 spiro atoms. The molecule has 0 unspecified atom stereocenters. The number of nitrogens with zero attached hydrogens (tertiary/aromatic N) is 2. The third-order valence-electron chi connectivity index (χ3n) is 4.55. The predicted molar refractivity (Wildman–Crippen MR) is 115 cm³/mol. The van der Waals surface area contributed by atoms with Gasteiger partial charge in [0, 0.05) is 27.8 Å². The molecular weight excluding hydrogens is 391 g/mol. The second-order valence-electron chi connectivity index (χ2n) is 6.85. The fourth-order valence-electron chi connectivity index (χ4n) is 2.99. The molecule has 1 aromatic heterocycles. The van der Waals surface area contributed by atoms with E-state index in [1.54, 1.807) is 6.07 Å². The van der Waals surface area contributed by atoms with Crippen LogP contribution in [0.5, 0.6) is 0 Å². The molecule has 0 bridgehead atoms. The van der Waals surface area contributed by atoms with Crippen LogP contribution in [0.25, 0.3) is 0 Å². The normalized spacial score (nSPS) is 10.7. The zero-order valence-corrected chi connectivity index (χ0v) is 17.5. The lowest BCUT2D eigenvalue weighted by atomic mass is 10.1. The first-order chi connectivity index (χ1) is 13.4. The van der Waals surface area contributed by atoms with E-state index in [4.69, 9.17) is 23.2 Å². The highest BCUT2D eigenvalue weighted by Crippen LogP contribution is 2.22. The lowest BCUT2D eigenvalue weighted by Gasteiger charge is -2.23. The highest BCUT2D eigenvalue weighted by Gasteiger charge is 2.17. The Kier molecular flexibility index (Phi) is 6.71. The maximum absolute atomic E-state index is 13.1. The molecule has 0 fully saturated rings. The Bertz CT molecular complexity index is 971. The molecule has 0 N–H and O–H groups in total. The molecule has 144 valence electrons. The van der Waals surface area contributed by atoms with Crippen LogP contribution in [0.4, 0.5) is 0 Å². The fraction of sp³-hybridized carbons (Fsp3) is 0.217. The topological polar surface area (TPSA) is 33.2 Å². The van der Waals surface area contributed by atoms with Crippen molar-refractivity contribution in [1.82, 2.24) is 9.88 Å². The number of hydrogen-bond donors (Lipinski definition) is 0. The zero-order chi connectivity index (χ0) is 20.1. The van der Waals surface area contributed by atoms with E-state index in [9.17, 15) is 4.79 Å². The summed E-state index contributed by atoms with van der Waals surface area (Å²) in [6.07, 6.45) is 0.638. The van der Waals surface area contributed by atoms with Gasteiger partial charge in [-0.25, -0.2) is 0 Å². The van der Waals surface area contributed by atoms with Crippen molar-refractivity contribution in [2.24, 2.45) is 0 Å². The van der Waals surface area contributed by atoms with Gasteiger partial charge in [0.15, 0.2) is 0 Å². The minimum atomic E-state index is -0.0200. The molecule has 28 heavy (non-hydrogen) atoms. The Morgan fingerprint density at radius 1 is 1.00 bits per heavy atom. The van der Waals surface area contributed by atoms with E-state index in [1.807, 2.05) is 73.3 Å². The molecule has 0 aliphatic carbocycles. The summed E-state index contributed by atoms with van der Waals surface area (Å²) in [5.74, 6) is -0.0200. The van der Waals surface area contributed by atoms with Crippen molar-refractivity contribution in [2.75, 3.05) is 6.54 Å². The average molecular weight is 413 g/mol. The van der Waals surface area contributed by atoms with Gasteiger partial charge in [0.2, 0.25) is 0 Å². The highest BCUT2D eigenvalue weighted by atomic mass is 35.5. The maximum Gasteiger partial charge on any atom is 0.254 e. The van der Waals surface area contributed by atoms with Crippen molar-refractivity contribution in [1.29, 1.82) is 0 Å². The lowest BCUT2D eigenvalue weighted by molar-refractivity contribution is 0.0743. The van der Waals surface area contributed by atoms with Crippen LogP contribution in [0.1, 0.15) is 32.9 Å². The average Bonchev–Trinajstić information content (AvgIpc) is 2.66. The van der Waals surface area contributed by atoms with Crippen LogP contribution in [0.2, 0.25) is 10.0 Å². The van der Waals surface area contributed by atoms with Gasteiger partial charge in [0.25, 0.3) is 5.91 Å². The minimum absolute atomic E-state index is 0.0200. The summed E-state index contributed by atoms with van der Waals surface area (Å²) in [6.45, 7) is 4.93. The molecule has 0 saturated heterocycles. The second kappa shape index (κ2) is 9.22. The van der Waals surface area contributed by atoms with Crippen LogP contribution in [-0.4, -0.2) is 22.3 Å². The molecule has 3 nitrogen and oxygen atoms in total. The Morgan fingerprint density at radius 2 is 1.75 bits per heavy atom. The van der Waals surface area contributed by atoms with Gasteiger partial charge >= 0.3 is 0 Å². The van der Waals surface area contributed by atoms with Gasteiger partial charge in [-0.1, -0.05) is 53.0 Å². The van der Waals surface area contributed by atoms with Crippen molar-refractivity contribution in [3.8, 4) is 0 Å². The molecule has 0 saturated carbocycles. The first kappa shape index (κ1) is 20.4. The summed E-state index contributed by atoms with van der Waals surface area (Å²) in [5.41, 5.74) is 4.55. The Balaban J connectivity index is 1.82. The number of carbonyl (C=O) groups excluding carboxylic acids is 1. The number of rotatable bonds is 6. The standard InChI is InChI=1S/C23H22Cl2N2O/c1-16-6-8-19(9-7-16)23(28)27(15-21-5-3-4-17(2)26-21)13-12-18-10-11-20(24)14-22(18)25/h3-11,14H,12-13,15H2,1-2H3. The Labute approximate surface area is 175 Å². The van der Waals surface area contributed by atoms with Gasteiger partial charge in [-0.05, 0) is 62.2 Å². The van der Waals surface area contributed by atoms with Crippen molar-refractivity contribution in [2.45, 2.75) is 26.8 Å². The van der Waals surface area contributed by atoms with Crippen LogP contribution in [-0.2, 0) is 13.0 Å². The van der Waals surface area contributed by atoms with E-state index >= 15 is 0 Å². The van der Waals surface area contributed by atoms with E-state index in [2.05, 4.69) is 4.98 Å². The Hall–Kier alpha value is -2.36. The molecule has 1 amide bonds. The third kappa shape index (κ3) is 5.34. The number of aromatic nitrogens is 1. The molecule has 3 aromatic rings. The molecule has 0 radical (unpaired) electrons. The monoisotopic (exact) mass is 412 g/mol. The van der Waals surface area contributed by atoms with Crippen LogP contribution in [0.15, 0.2) is 60.7 Å². The van der Waals surface area contributed by atoms with Gasteiger partial charge < -0.3 is 4.90 Å². The van der Waals surface area contributed by atoms with E-state index in [1.165, 1.54) is 0 Å². The molecular formula is C23H22Cl2N2O. The smallest absolute Gasteiger partial charge is 0.254 e. The summed E-state index contributed by atoms with van der Waals surface area (Å²) in [6, 6.07) is 18.9. The second-order valence-corrected chi connectivity index (χ2v) is 7.69. The molecule has 0 aliphatic rings. The van der Waals surface area contributed by atoms with Crippen molar-refractivity contribution in [3.63, 3.8) is 0 Å². The van der Waals surface area contributed by atoms with Crippen molar-refractivity contribution >= 4 is 29.1 Å². The predicted octanol–water partition coefficient (Wildman–Crippen LogP) is 5.89. The summed E-state index contributed by atoms with van der Waals surface area (Å²) < 4.78 is 0. The molecule has 1 heterocycles. The van der Waals surface area contributed by atoms with Crippen LogP contribution >= 0.6 is 23.2 Å². The van der Waals surface area contributed by atoms with Gasteiger partial charge in [-0.2, -0.15) is 0 Å². The molecule has 3 rings (SSSR count). The number of carbonyl (C=O) groups is 1. The number of benzene rings is 2. The summed E-state index contributed by atoms with van der Waals surface area (Å²) in [5, 5.41) is 1.22. The minimum Gasteiger partial charge on any atom is -0.332 e. The molecule has 5 heteroatoms. The molecule has 0 atom stereocenters. The number of amides is 1. The largest absolute Gasteiger partial charge is 0.332 e. The fourth-order valence-corrected chi connectivity index (χ4v) is 3.50. The molecule has 2 aromatic carbocycles. The maximum atomic E-state index is 13.1. The number of hydrogen-bond acceptors (Lipinski definition) is 2. The van der Waals surface area contributed by atoms with Crippen LogP contribution in [0.3, 0.4) is 0 Å². The van der Waals surface area contributed by atoms with E-state index in [0.717, 1.165) is 22.5 Å². The van der Waals surface area contributed by atoms with Gasteiger partial charge in [-0.3, -0.25) is 9.78 Å². The van der Waals surface area contributed by atoms with E-state index in [-0.39, 0.29) is 5.91 Å². The molecule has 0 aliphatic heterocycles. The third-order valence-corrected chi connectivity index (χ3v) is 5.14. The number of pyridine rings is 1. The van der Waals surface area contributed by atoms with Gasteiger partial charge in [0.1, 0.15) is 0 Å². The first-order valence-electron chi connectivity index (χ1n) is 9.15. The summed E-state index contributed by atoms with van der Waals surface area (Å²) in [7, 11) is 0. The number of aryl methyl sites for hydroxylation is 2. The van der Waals surface area contributed by atoms with Gasteiger partial charge in [-0.15, -0.1) is 0 Å². The van der Waals surface area contributed by atoms with Crippen molar-refractivity contribution in [3.05, 3.63) is 98.8 Å². The lowest BCUT2D eigenvalue weighted by Crippen LogP contribution is -2.33. The first-order valence-corrected chi connectivity index (χ1v) is 9.90. The summed E-state index contributed by atoms with van der Waals surface area (Å²) >= 11 is 12.3.